The molecule has 0 aliphatic heterocycles. The third kappa shape index (κ3) is 16.9. The van der Waals surface area contributed by atoms with Crippen molar-refractivity contribution in [1.82, 2.24) is 0 Å². The number of thiol groups is 1. The van der Waals surface area contributed by atoms with Crippen LogP contribution in [0.2, 0.25) is 0 Å². The zero-order valence-electron chi connectivity index (χ0n) is 32.8. The molecule has 57 heavy (non-hydrogen) atoms. The highest BCUT2D eigenvalue weighted by Crippen LogP contribution is 2.31. The number of aryl methyl sites for hydroxylation is 2. The summed E-state index contributed by atoms with van der Waals surface area (Å²) in [6.45, 7) is 5.46. The predicted octanol–water partition coefficient (Wildman–Crippen LogP) is 12.1. The Bertz CT molecular complexity index is 2130. The molecule has 0 amide bonds. The Morgan fingerprint density at radius 1 is 0.561 bits per heavy atom. The van der Waals surface area contributed by atoms with Crippen LogP contribution in [-0.2, 0) is 12.8 Å². The monoisotopic (exact) mass is 906 g/mol. The van der Waals surface area contributed by atoms with Crippen molar-refractivity contribution in [3.05, 3.63) is 171 Å². The SMILES string of the molecule is CC(CO)(CO)CO.CCCc1cccc(S)c1.CCCc1cccc(Sc2ccc(-c3ccc(C#N)cc3)cc2)c1.N#Cc1ccc(-c2ccc(I)cc2)cc1. The molecule has 0 atom stereocenters. The molecule has 0 aliphatic rings. The van der Waals surface area contributed by atoms with Gasteiger partial charge in [0.2, 0.25) is 0 Å². The van der Waals surface area contributed by atoms with E-state index in [9.17, 15) is 0 Å². The van der Waals surface area contributed by atoms with Crippen LogP contribution in [0.5, 0.6) is 0 Å². The van der Waals surface area contributed by atoms with E-state index in [1.807, 2.05) is 60.7 Å². The molecule has 0 spiro atoms. The normalized spacial score (nSPS) is 10.3. The molecule has 6 aromatic rings. The summed E-state index contributed by atoms with van der Waals surface area (Å²) < 4.78 is 1.23. The zero-order chi connectivity index (χ0) is 41.5. The summed E-state index contributed by atoms with van der Waals surface area (Å²) in [6.07, 6.45) is 4.67. The number of benzene rings is 6. The number of aliphatic hydroxyl groups is 3. The number of hydrogen-bond acceptors (Lipinski definition) is 7. The van der Waals surface area contributed by atoms with Gasteiger partial charge in [0.05, 0.1) is 43.1 Å². The van der Waals surface area contributed by atoms with Gasteiger partial charge in [0.1, 0.15) is 0 Å². The van der Waals surface area contributed by atoms with Crippen LogP contribution in [0, 0.1) is 31.6 Å². The van der Waals surface area contributed by atoms with Crippen LogP contribution >= 0.6 is 47.0 Å². The molecule has 5 nitrogen and oxygen atoms in total. The summed E-state index contributed by atoms with van der Waals surface area (Å²) in [6, 6.07) is 53.6. The standard InChI is InChI=1S/C22H19NS.C13H8IN.C9H12S.C5H12O3/c1-2-4-17-5-3-6-22(15-17)24-21-13-11-20(12-14-21)19-9-7-18(16-23)8-10-19;14-13-7-5-12(6-8-13)11-3-1-10(9-15)2-4-11;1-2-4-8-5-3-6-9(10)7-8;1-5(2-6,3-7)4-8/h3,5-15H,2,4H2,1H3;1-8H;3,5-7,10H,2,4H2,1H3;6-8H,2-4H2,1H3. The van der Waals surface area contributed by atoms with E-state index in [2.05, 4.69) is 146 Å². The fourth-order valence-electron chi connectivity index (χ4n) is 5.17. The first kappa shape index (κ1) is 47.0. The topological polar surface area (TPSA) is 108 Å². The van der Waals surface area contributed by atoms with E-state index in [-0.39, 0.29) is 19.8 Å². The third-order valence-corrected chi connectivity index (χ3v) is 10.7. The van der Waals surface area contributed by atoms with Crippen LogP contribution < -0.4 is 0 Å². The summed E-state index contributed by atoms with van der Waals surface area (Å²) in [5.41, 5.74) is 8.10. The number of nitriles is 2. The maximum absolute atomic E-state index is 8.88. The van der Waals surface area contributed by atoms with Crippen molar-refractivity contribution in [2.45, 2.75) is 61.1 Å². The lowest BCUT2D eigenvalue weighted by molar-refractivity contribution is 0.0200. The fourth-order valence-corrected chi connectivity index (χ4v) is 6.68. The molecule has 0 saturated carbocycles. The molecule has 6 rings (SSSR count). The fraction of sp³-hybridized carbons (Fsp3) is 0.224. The van der Waals surface area contributed by atoms with Crippen LogP contribution in [0.25, 0.3) is 22.3 Å². The largest absolute Gasteiger partial charge is 0.396 e. The molecular weight excluding hydrogens is 856 g/mol. The van der Waals surface area contributed by atoms with Crippen molar-refractivity contribution < 1.29 is 15.3 Å². The van der Waals surface area contributed by atoms with Crippen molar-refractivity contribution in [3.63, 3.8) is 0 Å². The summed E-state index contributed by atoms with van der Waals surface area (Å²) in [4.78, 5) is 3.58. The Morgan fingerprint density at radius 2 is 0.965 bits per heavy atom. The highest BCUT2D eigenvalue weighted by atomic mass is 127. The zero-order valence-corrected chi connectivity index (χ0v) is 36.6. The Balaban J connectivity index is 0.000000225. The van der Waals surface area contributed by atoms with Crippen molar-refractivity contribution in [1.29, 1.82) is 10.5 Å². The summed E-state index contributed by atoms with van der Waals surface area (Å²) >= 11 is 8.33. The second-order valence-corrected chi connectivity index (χ2v) is 16.5. The van der Waals surface area contributed by atoms with E-state index in [1.165, 1.54) is 48.5 Å². The minimum absolute atomic E-state index is 0.181. The van der Waals surface area contributed by atoms with Crippen LogP contribution in [0.3, 0.4) is 0 Å². The van der Waals surface area contributed by atoms with Gasteiger partial charge < -0.3 is 15.3 Å². The molecule has 0 fully saturated rings. The van der Waals surface area contributed by atoms with Gasteiger partial charge in [-0.15, -0.1) is 12.6 Å². The van der Waals surface area contributed by atoms with Crippen LogP contribution in [0.15, 0.2) is 160 Å². The molecule has 0 saturated heterocycles. The molecule has 0 heterocycles. The van der Waals surface area contributed by atoms with E-state index in [1.54, 1.807) is 18.7 Å². The number of aliphatic hydroxyl groups excluding tert-OH is 3. The summed E-state index contributed by atoms with van der Waals surface area (Å²) in [5.74, 6) is 0. The van der Waals surface area contributed by atoms with Gasteiger partial charge in [-0.05, 0) is 142 Å². The van der Waals surface area contributed by atoms with Crippen molar-refractivity contribution >= 4 is 47.0 Å². The van der Waals surface area contributed by atoms with Crippen LogP contribution in [-0.4, -0.2) is 35.1 Å². The van der Waals surface area contributed by atoms with Crippen molar-refractivity contribution in [2.24, 2.45) is 5.41 Å². The molecule has 3 N–H and O–H groups in total. The van der Waals surface area contributed by atoms with Gasteiger partial charge in [-0.25, -0.2) is 0 Å². The highest BCUT2D eigenvalue weighted by molar-refractivity contribution is 14.1. The lowest BCUT2D eigenvalue weighted by Crippen LogP contribution is -2.29. The first-order valence-electron chi connectivity index (χ1n) is 18.8. The number of halogens is 1. The van der Waals surface area contributed by atoms with E-state index >= 15 is 0 Å². The highest BCUT2D eigenvalue weighted by Gasteiger charge is 2.20. The average molecular weight is 907 g/mol. The molecule has 0 unspecified atom stereocenters. The molecule has 0 aromatic heterocycles. The van der Waals surface area contributed by atoms with Gasteiger partial charge in [0, 0.05) is 23.7 Å². The molecule has 0 bridgehead atoms. The van der Waals surface area contributed by atoms with Gasteiger partial charge in [-0.2, -0.15) is 10.5 Å². The lowest BCUT2D eigenvalue weighted by atomic mass is 9.95. The lowest BCUT2D eigenvalue weighted by Gasteiger charge is -2.20. The molecule has 8 heteroatoms. The maximum atomic E-state index is 8.88. The second-order valence-electron chi connectivity index (χ2n) is 13.6. The molecule has 6 aromatic carbocycles. The average Bonchev–Trinajstić information content (AvgIpc) is 3.25. The minimum Gasteiger partial charge on any atom is -0.396 e. The van der Waals surface area contributed by atoms with Gasteiger partial charge >= 0.3 is 0 Å². The molecular formula is C49H51IN2O3S2. The predicted molar refractivity (Wildman–Crippen MR) is 248 cm³/mol. The molecule has 0 aliphatic carbocycles. The van der Waals surface area contributed by atoms with E-state index in [4.69, 9.17) is 25.8 Å². The van der Waals surface area contributed by atoms with Gasteiger partial charge in [-0.3, -0.25) is 0 Å². The van der Waals surface area contributed by atoms with Gasteiger partial charge in [0.15, 0.2) is 0 Å². The van der Waals surface area contributed by atoms with Crippen molar-refractivity contribution in [2.75, 3.05) is 19.8 Å². The Kier molecular flexibility index (Phi) is 21.3. The Labute approximate surface area is 362 Å². The molecule has 294 valence electrons. The van der Waals surface area contributed by atoms with Crippen LogP contribution in [0.4, 0.5) is 0 Å². The van der Waals surface area contributed by atoms with E-state index in [0.29, 0.717) is 11.1 Å². The third-order valence-electron chi connectivity index (χ3n) is 8.66. The first-order chi connectivity index (χ1) is 27.6. The van der Waals surface area contributed by atoms with Crippen LogP contribution in [0.1, 0.15) is 55.9 Å². The Hall–Kier alpha value is -4.39. The summed E-state index contributed by atoms with van der Waals surface area (Å²) in [5, 5.41) is 43.0. The summed E-state index contributed by atoms with van der Waals surface area (Å²) in [7, 11) is 0. The minimum atomic E-state index is -0.708. The van der Waals surface area contributed by atoms with E-state index in [0.717, 1.165) is 28.9 Å². The number of nitrogens with zero attached hydrogens (tertiary/aromatic N) is 2. The number of rotatable bonds is 11. The number of hydrogen-bond donors (Lipinski definition) is 4. The second kappa shape index (κ2) is 25.8. The van der Waals surface area contributed by atoms with Gasteiger partial charge in [0.25, 0.3) is 0 Å². The van der Waals surface area contributed by atoms with Crippen molar-refractivity contribution in [3.8, 4) is 34.4 Å². The smallest absolute Gasteiger partial charge is 0.0991 e. The van der Waals surface area contributed by atoms with E-state index < -0.39 is 5.41 Å². The first-order valence-corrected chi connectivity index (χ1v) is 21.2. The maximum Gasteiger partial charge on any atom is 0.0991 e. The van der Waals surface area contributed by atoms with Gasteiger partial charge in [-0.1, -0.05) is 118 Å². The quantitative estimate of drug-likeness (QED) is 0.0762. The molecule has 0 radical (unpaired) electrons. The Morgan fingerprint density at radius 3 is 1.35 bits per heavy atom.